The van der Waals surface area contributed by atoms with Crippen LogP contribution in [0.3, 0.4) is 0 Å². The van der Waals surface area contributed by atoms with Crippen LogP contribution in [0, 0.1) is 20.8 Å². The fourth-order valence-corrected chi connectivity index (χ4v) is 3.46. The van der Waals surface area contributed by atoms with Gasteiger partial charge in [0.2, 0.25) is 0 Å². The Morgan fingerprint density at radius 2 is 1.72 bits per heavy atom. The van der Waals surface area contributed by atoms with E-state index in [9.17, 15) is 9.59 Å². The number of anilines is 1. The summed E-state index contributed by atoms with van der Waals surface area (Å²) in [5.74, 6) is 0.454. The van der Waals surface area contributed by atoms with Gasteiger partial charge in [0.25, 0.3) is 11.5 Å². The van der Waals surface area contributed by atoms with E-state index in [-0.39, 0.29) is 11.5 Å². The van der Waals surface area contributed by atoms with Crippen molar-refractivity contribution < 1.29 is 4.79 Å². The normalized spacial score (nSPS) is 10.9. The van der Waals surface area contributed by atoms with Gasteiger partial charge in [-0.1, -0.05) is 29.8 Å². The molecule has 0 saturated heterocycles. The molecule has 0 bridgehead atoms. The molecule has 3 aromatic carbocycles. The van der Waals surface area contributed by atoms with Gasteiger partial charge >= 0.3 is 0 Å². The standard InChI is InChI=1S/C24H21N3O2/c1-15-7-6-8-18(13-15)23(28)26-21-12-11-19(14-16(21)2)27-17(3)25-22-10-5-4-9-20(22)24(27)29/h4-14H,1-3H3,(H,26,28). The van der Waals surface area contributed by atoms with Gasteiger partial charge in [-0.05, 0) is 68.8 Å². The van der Waals surface area contributed by atoms with Crippen molar-refractivity contribution in [2.45, 2.75) is 20.8 Å². The molecule has 5 nitrogen and oxygen atoms in total. The number of rotatable bonds is 3. The lowest BCUT2D eigenvalue weighted by atomic mass is 10.1. The molecule has 1 aromatic heterocycles. The number of fused-ring (bicyclic) bond motifs is 1. The summed E-state index contributed by atoms with van der Waals surface area (Å²) in [6, 6.07) is 20.3. The van der Waals surface area contributed by atoms with Gasteiger partial charge in [0.05, 0.1) is 16.6 Å². The molecule has 0 unspecified atom stereocenters. The Hall–Kier alpha value is -3.73. The average molecular weight is 383 g/mol. The van der Waals surface area contributed by atoms with Crippen LogP contribution in [0.25, 0.3) is 16.6 Å². The van der Waals surface area contributed by atoms with Gasteiger partial charge in [0.1, 0.15) is 5.82 Å². The maximum atomic E-state index is 13.0. The highest BCUT2D eigenvalue weighted by Crippen LogP contribution is 2.21. The molecular weight excluding hydrogens is 362 g/mol. The first-order chi connectivity index (χ1) is 13.9. The Kier molecular flexibility index (Phi) is 4.72. The third-order valence-corrected chi connectivity index (χ3v) is 4.94. The first-order valence-corrected chi connectivity index (χ1v) is 9.41. The van der Waals surface area contributed by atoms with Gasteiger partial charge in [0.15, 0.2) is 0 Å². The number of nitrogens with one attached hydrogen (secondary N) is 1. The van der Waals surface area contributed by atoms with Gasteiger partial charge in [0, 0.05) is 11.3 Å². The number of carbonyl (C=O) groups is 1. The summed E-state index contributed by atoms with van der Waals surface area (Å²) in [6.45, 7) is 5.68. The van der Waals surface area contributed by atoms with Crippen molar-refractivity contribution in [2.24, 2.45) is 0 Å². The van der Waals surface area contributed by atoms with Crippen molar-refractivity contribution in [1.29, 1.82) is 0 Å². The minimum Gasteiger partial charge on any atom is -0.322 e. The summed E-state index contributed by atoms with van der Waals surface area (Å²) < 4.78 is 1.60. The summed E-state index contributed by atoms with van der Waals surface area (Å²) in [5.41, 5.74) is 4.51. The molecule has 0 fully saturated rings. The largest absolute Gasteiger partial charge is 0.322 e. The van der Waals surface area contributed by atoms with Crippen molar-refractivity contribution >= 4 is 22.5 Å². The van der Waals surface area contributed by atoms with E-state index in [1.54, 1.807) is 16.7 Å². The zero-order valence-electron chi connectivity index (χ0n) is 16.6. The number of carbonyl (C=O) groups excluding carboxylic acids is 1. The Bertz CT molecular complexity index is 1310. The number of aryl methyl sites for hydroxylation is 3. The second-order valence-electron chi connectivity index (χ2n) is 7.14. The van der Waals surface area contributed by atoms with Crippen LogP contribution in [-0.4, -0.2) is 15.5 Å². The van der Waals surface area contributed by atoms with Crippen molar-refractivity contribution in [2.75, 3.05) is 5.32 Å². The molecule has 0 radical (unpaired) electrons. The number of aromatic nitrogens is 2. The lowest BCUT2D eigenvalue weighted by Gasteiger charge is -2.14. The van der Waals surface area contributed by atoms with E-state index >= 15 is 0 Å². The maximum Gasteiger partial charge on any atom is 0.265 e. The molecule has 29 heavy (non-hydrogen) atoms. The smallest absolute Gasteiger partial charge is 0.265 e. The van der Waals surface area contributed by atoms with Gasteiger partial charge in [-0.15, -0.1) is 0 Å². The molecular formula is C24H21N3O2. The summed E-state index contributed by atoms with van der Waals surface area (Å²) in [7, 11) is 0. The molecule has 0 saturated carbocycles. The number of benzene rings is 3. The fraction of sp³-hybridized carbons (Fsp3) is 0.125. The van der Waals surface area contributed by atoms with E-state index in [0.29, 0.717) is 28.0 Å². The number of hydrogen-bond acceptors (Lipinski definition) is 3. The van der Waals surface area contributed by atoms with Crippen LogP contribution in [0.15, 0.2) is 71.5 Å². The van der Waals surface area contributed by atoms with E-state index in [1.165, 1.54) is 0 Å². The van der Waals surface area contributed by atoms with Crippen LogP contribution in [-0.2, 0) is 0 Å². The number of hydrogen-bond donors (Lipinski definition) is 1. The Morgan fingerprint density at radius 3 is 2.48 bits per heavy atom. The van der Waals surface area contributed by atoms with Crippen molar-refractivity contribution in [1.82, 2.24) is 9.55 Å². The summed E-state index contributed by atoms with van der Waals surface area (Å²) >= 11 is 0. The van der Waals surface area contributed by atoms with Gasteiger partial charge in [-0.25, -0.2) is 4.98 Å². The third kappa shape index (κ3) is 3.55. The number of amides is 1. The first kappa shape index (κ1) is 18.6. The molecule has 1 heterocycles. The molecule has 4 rings (SSSR count). The second kappa shape index (κ2) is 7.36. The molecule has 1 N–H and O–H groups in total. The number of nitrogens with zero attached hydrogens (tertiary/aromatic N) is 2. The van der Waals surface area contributed by atoms with Crippen LogP contribution in [0.1, 0.15) is 27.3 Å². The van der Waals surface area contributed by atoms with Crippen LogP contribution in [0.2, 0.25) is 0 Å². The molecule has 0 spiro atoms. The quantitative estimate of drug-likeness (QED) is 0.564. The highest BCUT2D eigenvalue weighted by molar-refractivity contribution is 6.04. The lowest BCUT2D eigenvalue weighted by molar-refractivity contribution is 0.102. The molecule has 0 aliphatic rings. The fourth-order valence-electron chi connectivity index (χ4n) is 3.46. The van der Waals surface area contributed by atoms with Crippen LogP contribution < -0.4 is 10.9 Å². The highest BCUT2D eigenvalue weighted by Gasteiger charge is 2.12. The topological polar surface area (TPSA) is 64.0 Å². The minimum atomic E-state index is -0.162. The SMILES string of the molecule is Cc1cccc(C(=O)Nc2ccc(-n3c(C)nc4ccccc4c3=O)cc2C)c1. The molecule has 5 heteroatoms. The van der Waals surface area contributed by atoms with Crippen LogP contribution in [0.5, 0.6) is 0 Å². The van der Waals surface area contributed by atoms with Crippen molar-refractivity contribution in [3.05, 3.63) is 99.6 Å². The van der Waals surface area contributed by atoms with E-state index in [4.69, 9.17) is 0 Å². The number of para-hydroxylation sites is 1. The predicted molar refractivity (Wildman–Crippen MR) is 116 cm³/mol. The Labute approximate surface area is 168 Å². The Morgan fingerprint density at radius 1 is 0.931 bits per heavy atom. The van der Waals surface area contributed by atoms with E-state index in [0.717, 1.165) is 16.8 Å². The van der Waals surface area contributed by atoms with Crippen LogP contribution in [0.4, 0.5) is 5.69 Å². The zero-order valence-corrected chi connectivity index (χ0v) is 16.6. The van der Waals surface area contributed by atoms with Gasteiger partial charge < -0.3 is 5.32 Å². The molecule has 4 aromatic rings. The maximum absolute atomic E-state index is 13.0. The molecule has 0 atom stereocenters. The van der Waals surface area contributed by atoms with E-state index in [2.05, 4.69) is 10.3 Å². The molecule has 0 aliphatic carbocycles. The monoisotopic (exact) mass is 383 g/mol. The second-order valence-corrected chi connectivity index (χ2v) is 7.14. The predicted octanol–water partition coefficient (Wildman–Crippen LogP) is 4.56. The summed E-state index contributed by atoms with van der Waals surface area (Å²) in [4.78, 5) is 30.1. The van der Waals surface area contributed by atoms with Crippen molar-refractivity contribution in [3.63, 3.8) is 0 Å². The zero-order chi connectivity index (χ0) is 20.5. The van der Waals surface area contributed by atoms with E-state index in [1.807, 2.05) is 75.4 Å². The van der Waals surface area contributed by atoms with Gasteiger partial charge in [-0.2, -0.15) is 0 Å². The molecule has 0 aliphatic heterocycles. The minimum absolute atomic E-state index is 0.107. The highest BCUT2D eigenvalue weighted by atomic mass is 16.1. The molecule has 1 amide bonds. The average Bonchev–Trinajstić information content (AvgIpc) is 2.70. The molecule has 144 valence electrons. The van der Waals surface area contributed by atoms with Gasteiger partial charge in [-0.3, -0.25) is 14.2 Å². The summed E-state index contributed by atoms with van der Waals surface area (Å²) in [5, 5.41) is 3.53. The summed E-state index contributed by atoms with van der Waals surface area (Å²) in [6.07, 6.45) is 0. The third-order valence-electron chi connectivity index (χ3n) is 4.94. The lowest BCUT2D eigenvalue weighted by Crippen LogP contribution is -2.22. The van der Waals surface area contributed by atoms with Crippen LogP contribution >= 0.6 is 0 Å². The van der Waals surface area contributed by atoms with E-state index < -0.39 is 0 Å². The van der Waals surface area contributed by atoms with Crippen molar-refractivity contribution in [3.8, 4) is 5.69 Å². The Balaban J connectivity index is 1.70. The first-order valence-electron chi connectivity index (χ1n) is 9.41.